The summed E-state index contributed by atoms with van der Waals surface area (Å²) in [6.45, 7) is 4.87. The van der Waals surface area contributed by atoms with Crippen molar-refractivity contribution < 1.29 is 32.9 Å². The summed E-state index contributed by atoms with van der Waals surface area (Å²) in [6, 6.07) is -0.770. The van der Waals surface area contributed by atoms with Crippen molar-refractivity contribution in [1.82, 2.24) is 5.32 Å². The molecule has 0 rings (SSSR count). The van der Waals surface area contributed by atoms with Gasteiger partial charge in [0.2, 0.25) is 5.91 Å². The third-order valence-electron chi connectivity index (χ3n) is 9.76. The minimum absolute atomic E-state index is 0.0720. The standard InChI is InChI=1S/C42H85N2O6P/c1-6-8-10-12-14-16-18-20-22-23-25-27-29-31-33-35-41(45)40(39-50-51(47,48)49-38-37-44(3,4)5)43-42(46)36-34-32-30-28-26-24-21-19-17-15-13-11-9-7-2/h25,27,40-41,45H,6-24,26,28-39H2,1-5H3,(H-,43,46,47,48)/p+1/b27-25+/t40-,41+/m0/s1. The smallest absolute Gasteiger partial charge is 0.391 e. The molecule has 9 heteroatoms. The molecular formula is C42H86N2O6P+. The molecule has 0 saturated carbocycles. The number of aliphatic hydroxyl groups is 1. The van der Waals surface area contributed by atoms with Gasteiger partial charge in [-0.3, -0.25) is 13.8 Å². The molecule has 0 aliphatic rings. The first-order valence-corrected chi connectivity index (χ1v) is 23.0. The van der Waals surface area contributed by atoms with Crippen molar-refractivity contribution in [2.45, 2.75) is 212 Å². The third-order valence-corrected chi connectivity index (χ3v) is 10.7. The highest BCUT2D eigenvalue weighted by atomic mass is 31.2. The van der Waals surface area contributed by atoms with Gasteiger partial charge in [0, 0.05) is 6.42 Å². The Labute approximate surface area is 316 Å². The van der Waals surface area contributed by atoms with Crippen molar-refractivity contribution in [2.24, 2.45) is 0 Å². The van der Waals surface area contributed by atoms with Crippen molar-refractivity contribution in [3.05, 3.63) is 12.2 Å². The SMILES string of the molecule is CCCCCCCCCCC/C=C/CCCC[C@@H](O)[C@H](COP(=O)(O)OCC[N+](C)(C)C)NC(=O)CCCCCCCCCCCCCCCC. The molecule has 0 fully saturated rings. The van der Waals surface area contributed by atoms with Gasteiger partial charge in [-0.05, 0) is 38.5 Å². The van der Waals surface area contributed by atoms with E-state index in [1.165, 1.54) is 128 Å². The fourth-order valence-corrected chi connectivity index (χ4v) is 7.01. The van der Waals surface area contributed by atoms with Crippen LogP contribution in [0.1, 0.15) is 200 Å². The molecule has 3 N–H and O–H groups in total. The largest absolute Gasteiger partial charge is 0.472 e. The molecule has 51 heavy (non-hydrogen) atoms. The zero-order valence-corrected chi connectivity index (χ0v) is 35.3. The topological polar surface area (TPSA) is 105 Å². The van der Waals surface area contributed by atoms with E-state index in [9.17, 15) is 19.4 Å². The Morgan fingerprint density at radius 3 is 1.51 bits per heavy atom. The average molecular weight is 746 g/mol. The molecule has 0 bridgehead atoms. The summed E-state index contributed by atoms with van der Waals surface area (Å²) in [4.78, 5) is 23.1. The van der Waals surface area contributed by atoms with Crippen LogP contribution in [0.2, 0.25) is 0 Å². The van der Waals surface area contributed by atoms with Crippen LogP contribution in [0.4, 0.5) is 0 Å². The zero-order chi connectivity index (χ0) is 37.9. The van der Waals surface area contributed by atoms with Gasteiger partial charge in [0.15, 0.2) is 0 Å². The monoisotopic (exact) mass is 746 g/mol. The molecule has 0 radical (unpaired) electrons. The molecule has 1 unspecified atom stereocenters. The highest BCUT2D eigenvalue weighted by molar-refractivity contribution is 7.47. The molecule has 8 nitrogen and oxygen atoms in total. The molecule has 0 heterocycles. The number of hydrogen-bond donors (Lipinski definition) is 3. The molecule has 0 aromatic heterocycles. The molecule has 0 aliphatic carbocycles. The summed E-state index contributed by atoms with van der Waals surface area (Å²) < 4.78 is 23.6. The van der Waals surface area contributed by atoms with Crippen LogP contribution in [-0.2, 0) is 18.4 Å². The number of carbonyl (C=O) groups is 1. The molecule has 0 saturated heterocycles. The van der Waals surface area contributed by atoms with E-state index >= 15 is 0 Å². The van der Waals surface area contributed by atoms with Gasteiger partial charge in [-0.15, -0.1) is 0 Å². The van der Waals surface area contributed by atoms with E-state index in [1.54, 1.807) is 0 Å². The molecule has 0 aliphatic heterocycles. The second-order valence-electron chi connectivity index (χ2n) is 16.1. The lowest BCUT2D eigenvalue weighted by Gasteiger charge is -2.26. The number of unbranched alkanes of at least 4 members (excludes halogenated alkanes) is 24. The van der Waals surface area contributed by atoms with Gasteiger partial charge in [-0.1, -0.05) is 167 Å². The highest BCUT2D eigenvalue weighted by Crippen LogP contribution is 2.43. The number of phosphoric acid groups is 1. The van der Waals surface area contributed by atoms with E-state index in [-0.39, 0.29) is 19.1 Å². The average Bonchev–Trinajstić information content (AvgIpc) is 3.07. The second-order valence-corrected chi connectivity index (χ2v) is 17.5. The van der Waals surface area contributed by atoms with E-state index in [0.29, 0.717) is 23.9 Å². The lowest BCUT2D eigenvalue weighted by atomic mass is 10.0. The quantitative estimate of drug-likeness (QED) is 0.0250. The minimum atomic E-state index is -4.31. The molecule has 0 aromatic rings. The summed E-state index contributed by atoms with van der Waals surface area (Å²) >= 11 is 0. The van der Waals surface area contributed by atoms with Gasteiger partial charge in [-0.2, -0.15) is 0 Å². The highest BCUT2D eigenvalue weighted by Gasteiger charge is 2.28. The van der Waals surface area contributed by atoms with Crippen LogP contribution in [0.3, 0.4) is 0 Å². The maximum Gasteiger partial charge on any atom is 0.472 e. The Morgan fingerprint density at radius 1 is 0.647 bits per heavy atom. The summed E-state index contributed by atoms with van der Waals surface area (Å²) in [7, 11) is 1.61. The number of allylic oxidation sites excluding steroid dienone is 2. The fourth-order valence-electron chi connectivity index (χ4n) is 6.28. The zero-order valence-electron chi connectivity index (χ0n) is 34.4. The van der Waals surface area contributed by atoms with E-state index in [0.717, 1.165) is 44.9 Å². The molecule has 0 aromatic carbocycles. The second kappa shape index (κ2) is 35.0. The Kier molecular flexibility index (Phi) is 34.5. The van der Waals surface area contributed by atoms with Gasteiger partial charge >= 0.3 is 7.82 Å². The number of amides is 1. The van der Waals surface area contributed by atoms with Gasteiger partial charge in [0.1, 0.15) is 13.2 Å². The maximum absolute atomic E-state index is 12.8. The van der Waals surface area contributed by atoms with Crippen LogP contribution in [0.15, 0.2) is 12.2 Å². The third kappa shape index (κ3) is 37.4. The molecular weight excluding hydrogens is 659 g/mol. The van der Waals surface area contributed by atoms with Crippen molar-refractivity contribution >= 4 is 13.7 Å². The fraction of sp³-hybridized carbons (Fsp3) is 0.929. The van der Waals surface area contributed by atoms with Gasteiger partial charge in [0.25, 0.3) is 0 Å². The normalized spacial score (nSPS) is 14.6. The predicted molar refractivity (Wildman–Crippen MR) is 217 cm³/mol. The van der Waals surface area contributed by atoms with Crippen molar-refractivity contribution in [1.29, 1.82) is 0 Å². The number of likely N-dealkylation sites (N-methyl/N-ethyl adjacent to an activating group) is 1. The minimum Gasteiger partial charge on any atom is -0.391 e. The van der Waals surface area contributed by atoms with Crippen LogP contribution >= 0.6 is 7.82 Å². The van der Waals surface area contributed by atoms with Crippen molar-refractivity contribution in [3.8, 4) is 0 Å². The number of quaternary nitrogens is 1. The number of rotatable bonds is 39. The predicted octanol–water partition coefficient (Wildman–Crippen LogP) is 11.6. The van der Waals surface area contributed by atoms with E-state index in [2.05, 4.69) is 31.3 Å². The number of phosphoric ester groups is 1. The Bertz CT molecular complexity index is 850. The van der Waals surface area contributed by atoms with Crippen LogP contribution in [0.5, 0.6) is 0 Å². The number of aliphatic hydroxyl groups excluding tert-OH is 1. The molecule has 3 atom stereocenters. The summed E-state index contributed by atoms with van der Waals surface area (Å²) in [5, 5.41) is 13.9. The van der Waals surface area contributed by atoms with Crippen LogP contribution < -0.4 is 5.32 Å². The van der Waals surface area contributed by atoms with Crippen LogP contribution in [-0.4, -0.2) is 73.4 Å². The molecule has 0 spiro atoms. The van der Waals surface area contributed by atoms with Crippen LogP contribution in [0.25, 0.3) is 0 Å². The van der Waals surface area contributed by atoms with E-state index < -0.39 is 20.0 Å². The lowest BCUT2D eigenvalue weighted by molar-refractivity contribution is -0.870. The summed E-state index contributed by atoms with van der Waals surface area (Å²) in [5.41, 5.74) is 0. The van der Waals surface area contributed by atoms with E-state index in [4.69, 9.17) is 9.05 Å². The number of nitrogens with zero attached hydrogens (tertiary/aromatic N) is 1. The number of hydrogen-bond acceptors (Lipinski definition) is 5. The van der Waals surface area contributed by atoms with Gasteiger partial charge < -0.3 is 19.8 Å². The van der Waals surface area contributed by atoms with E-state index in [1.807, 2.05) is 21.1 Å². The Hall–Kier alpha value is -0.760. The number of carbonyl (C=O) groups excluding carboxylic acids is 1. The van der Waals surface area contributed by atoms with Gasteiger partial charge in [0.05, 0.1) is 39.9 Å². The summed E-state index contributed by atoms with van der Waals surface area (Å²) in [5.74, 6) is -0.153. The number of nitrogens with one attached hydrogen (secondary N) is 1. The van der Waals surface area contributed by atoms with Crippen LogP contribution in [0, 0.1) is 0 Å². The molecule has 304 valence electrons. The van der Waals surface area contributed by atoms with Crippen molar-refractivity contribution in [3.63, 3.8) is 0 Å². The molecule has 1 amide bonds. The van der Waals surface area contributed by atoms with Gasteiger partial charge in [-0.25, -0.2) is 4.57 Å². The first kappa shape index (κ1) is 50.2. The van der Waals surface area contributed by atoms with Crippen molar-refractivity contribution in [2.75, 3.05) is 40.9 Å². The summed E-state index contributed by atoms with van der Waals surface area (Å²) in [6.07, 6.45) is 38.0. The first-order valence-electron chi connectivity index (χ1n) is 21.6. The Morgan fingerprint density at radius 2 is 1.06 bits per heavy atom. The first-order chi connectivity index (χ1) is 24.5. The maximum atomic E-state index is 12.8. The Balaban J connectivity index is 4.42. The lowest BCUT2D eigenvalue weighted by Crippen LogP contribution is -2.46.